The summed E-state index contributed by atoms with van der Waals surface area (Å²) in [6.07, 6.45) is 1.88. The van der Waals surface area contributed by atoms with Crippen LogP contribution in [0, 0.1) is 0 Å². The van der Waals surface area contributed by atoms with E-state index in [-0.39, 0.29) is 0 Å². The van der Waals surface area contributed by atoms with Crippen molar-refractivity contribution >= 4 is 17.3 Å². The molecule has 3 aromatic rings. The smallest absolute Gasteiger partial charge is 0.194 e. The third kappa shape index (κ3) is 4.02. The lowest BCUT2D eigenvalue weighted by Gasteiger charge is -2.20. The van der Waals surface area contributed by atoms with Gasteiger partial charge in [0.1, 0.15) is 5.82 Å². The molecule has 6 heteroatoms. The normalized spacial score (nSPS) is 11.5. The number of thiophene rings is 1. The number of aromatic amines is 1. The van der Waals surface area contributed by atoms with Crippen LogP contribution in [0.3, 0.4) is 0 Å². The Balaban J connectivity index is 1.61. The van der Waals surface area contributed by atoms with Crippen molar-refractivity contribution in [2.75, 3.05) is 14.1 Å². The van der Waals surface area contributed by atoms with Crippen LogP contribution in [0.15, 0.2) is 59.0 Å². The van der Waals surface area contributed by atoms with Gasteiger partial charge in [-0.1, -0.05) is 36.4 Å². The summed E-state index contributed by atoms with van der Waals surface area (Å²) in [7, 11) is 3.80. The molecule has 124 valence electrons. The number of guanidine groups is 1. The number of imidazole rings is 1. The van der Waals surface area contributed by atoms with Crippen molar-refractivity contribution in [1.82, 2.24) is 20.2 Å². The molecule has 0 fully saturated rings. The van der Waals surface area contributed by atoms with E-state index in [2.05, 4.69) is 54.8 Å². The first kappa shape index (κ1) is 16.3. The van der Waals surface area contributed by atoms with Gasteiger partial charge in [0, 0.05) is 19.0 Å². The molecule has 0 saturated heterocycles. The van der Waals surface area contributed by atoms with Gasteiger partial charge in [0.05, 0.1) is 25.0 Å². The van der Waals surface area contributed by atoms with Gasteiger partial charge in [-0.3, -0.25) is 4.99 Å². The summed E-state index contributed by atoms with van der Waals surface area (Å²) in [4.78, 5) is 15.5. The average Bonchev–Trinajstić information content (AvgIpc) is 3.28. The molecular weight excluding hydrogens is 318 g/mol. The van der Waals surface area contributed by atoms with Crippen LogP contribution in [-0.4, -0.2) is 34.9 Å². The molecule has 0 spiro atoms. The second-order valence-electron chi connectivity index (χ2n) is 5.45. The minimum Gasteiger partial charge on any atom is -0.351 e. The molecular formula is C18H21N5S. The third-order valence-corrected chi connectivity index (χ3v) is 4.55. The summed E-state index contributed by atoms with van der Waals surface area (Å²) < 4.78 is 0. The molecule has 5 nitrogen and oxygen atoms in total. The Morgan fingerprint density at radius 2 is 2.08 bits per heavy atom. The molecule has 0 atom stereocenters. The molecule has 24 heavy (non-hydrogen) atoms. The highest BCUT2D eigenvalue weighted by Crippen LogP contribution is 2.16. The Morgan fingerprint density at radius 1 is 1.25 bits per heavy atom. The number of rotatable bonds is 5. The lowest BCUT2D eigenvalue weighted by atomic mass is 10.2. The molecule has 2 N–H and O–H groups in total. The number of hydrogen-bond acceptors (Lipinski definition) is 3. The fraction of sp³-hybridized carbons (Fsp3) is 0.222. The van der Waals surface area contributed by atoms with E-state index in [1.54, 1.807) is 18.4 Å². The van der Waals surface area contributed by atoms with Crippen LogP contribution < -0.4 is 5.32 Å². The predicted molar refractivity (Wildman–Crippen MR) is 100 cm³/mol. The Morgan fingerprint density at radius 3 is 2.79 bits per heavy atom. The van der Waals surface area contributed by atoms with Crippen molar-refractivity contribution in [3.8, 4) is 11.3 Å². The zero-order valence-corrected chi connectivity index (χ0v) is 14.7. The van der Waals surface area contributed by atoms with Crippen molar-refractivity contribution in [3.63, 3.8) is 0 Å². The number of hydrogen-bond donors (Lipinski definition) is 2. The van der Waals surface area contributed by atoms with Gasteiger partial charge in [-0.05, 0) is 17.0 Å². The van der Waals surface area contributed by atoms with Crippen LogP contribution >= 0.6 is 11.3 Å². The number of H-pyrrole nitrogens is 1. The molecule has 1 aromatic carbocycles. The summed E-state index contributed by atoms with van der Waals surface area (Å²) in [6.45, 7) is 1.44. The van der Waals surface area contributed by atoms with Crippen LogP contribution in [0.4, 0.5) is 0 Å². The largest absolute Gasteiger partial charge is 0.351 e. The minimum atomic E-state index is 0.664. The third-order valence-electron chi connectivity index (χ3n) is 3.67. The van der Waals surface area contributed by atoms with Crippen LogP contribution in [0.1, 0.15) is 10.7 Å². The van der Waals surface area contributed by atoms with Crippen LogP contribution in [0.25, 0.3) is 11.3 Å². The second kappa shape index (κ2) is 7.79. The number of nitrogens with zero attached hydrogens (tertiary/aromatic N) is 3. The van der Waals surface area contributed by atoms with Crippen molar-refractivity contribution < 1.29 is 0 Å². The summed E-state index contributed by atoms with van der Waals surface area (Å²) in [5, 5.41) is 5.46. The topological polar surface area (TPSA) is 56.3 Å². The lowest BCUT2D eigenvalue weighted by molar-refractivity contribution is 0.464. The van der Waals surface area contributed by atoms with Gasteiger partial charge in [0.2, 0.25) is 0 Å². The second-order valence-corrected chi connectivity index (χ2v) is 6.48. The quantitative estimate of drug-likeness (QED) is 0.554. The molecule has 2 aromatic heterocycles. The highest BCUT2D eigenvalue weighted by molar-refractivity contribution is 7.09. The zero-order chi connectivity index (χ0) is 16.8. The zero-order valence-electron chi connectivity index (χ0n) is 13.9. The average molecular weight is 339 g/mol. The number of aliphatic imine (C=N–C) groups is 1. The number of benzene rings is 1. The maximum Gasteiger partial charge on any atom is 0.194 e. The van der Waals surface area contributed by atoms with E-state index in [4.69, 9.17) is 0 Å². The molecule has 0 aliphatic carbocycles. The SMILES string of the molecule is CN=C(NCc1cccs1)N(C)Cc1ncc(-c2ccccc2)[nH]1. The van der Waals surface area contributed by atoms with Gasteiger partial charge in [-0.2, -0.15) is 0 Å². The number of aromatic nitrogens is 2. The summed E-state index contributed by atoms with van der Waals surface area (Å²) in [6, 6.07) is 14.4. The first-order valence-corrected chi connectivity index (χ1v) is 8.67. The van der Waals surface area contributed by atoms with Gasteiger partial charge in [-0.15, -0.1) is 11.3 Å². The van der Waals surface area contributed by atoms with Crippen molar-refractivity contribution in [3.05, 3.63) is 64.7 Å². The lowest BCUT2D eigenvalue weighted by Crippen LogP contribution is -2.38. The molecule has 3 rings (SSSR count). The van der Waals surface area contributed by atoms with Crippen molar-refractivity contribution in [2.24, 2.45) is 4.99 Å². The highest BCUT2D eigenvalue weighted by atomic mass is 32.1. The summed E-state index contributed by atoms with van der Waals surface area (Å²) in [5.41, 5.74) is 2.17. The van der Waals surface area contributed by atoms with Gasteiger partial charge < -0.3 is 15.2 Å². The first-order chi connectivity index (χ1) is 11.8. The van der Waals surface area contributed by atoms with Crippen LogP contribution in [0.5, 0.6) is 0 Å². The molecule has 0 radical (unpaired) electrons. The van der Waals surface area contributed by atoms with E-state index in [9.17, 15) is 0 Å². The standard InChI is InChI=1S/C18H21N5S/c1-19-18(21-11-15-9-6-10-24-15)23(2)13-17-20-12-16(22-17)14-7-4-3-5-8-14/h3-10,12H,11,13H2,1-2H3,(H,19,21)(H,20,22). The van der Waals surface area contributed by atoms with Crippen molar-refractivity contribution in [2.45, 2.75) is 13.1 Å². The maximum atomic E-state index is 4.48. The van der Waals surface area contributed by atoms with Gasteiger partial charge >= 0.3 is 0 Å². The van der Waals surface area contributed by atoms with E-state index in [0.29, 0.717) is 6.54 Å². The summed E-state index contributed by atoms with van der Waals surface area (Å²) >= 11 is 1.74. The molecule has 0 unspecified atom stereocenters. The van der Waals surface area contributed by atoms with Crippen LogP contribution in [0.2, 0.25) is 0 Å². The van der Waals surface area contributed by atoms with E-state index < -0.39 is 0 Å². The van der Waals surface area contributed by atoms with E-state index in [1.165, 1.54) is 4.88 Å². The molecule has 0 aliphatic rings. The molecule has 0 bridgehead atoms. The monoisotopic (exact) mass is 339 g/mol. The van der Waals surface area contributed by atoms with E-state index in [1.807, 2.05) is 31.4 Å². The minimum absolute atomic E-state index is 0.664. The predicted octanol–water partition coefficient (Wildman–Crippen LogP) is 3.35. The molecule has 0 saturated carbocycles. The number of nitrogens with one attached hydrogen (secondary N) is 2. The first-order valence-electron chi connectivity index (χ1n) is 7.79. The van der Waals surface area contributed by atoms with Crippen molar-refractivity contribution in [1.29, 1.82) is 0 Å². The Kier molecular flexibility index (Phi) is 5.28. The fourth-order valence-corrected chi connectivity index (χ4v) is 3.12. The summed E-state index contributed by atoms with van der Waals surface area (Å²) in [5.74, 6) is 1.76. The van der Waals surface area contributed by atoms with E-state index >= 15 is 0 Å². The molecule has 0 aliphatic heterocycles. The highest BCUT2D eigenvalue weighted by Gasteiger charge is 2.10. The Labute approximate surface area is 146 Å². The molecule has 2 heterocycles. The Hall–Kier alpha value is -2.60. The fourth-order valence-electron chi connectivity index (χ4n) is 2.47. The van der Waals surface area contributed by atoms with Gasteiger partial charge in [0.25, 0.3) is 0 Å². The Bertz CT molecular complexity index is 777. The van der Waals surface area contributed by atoms with Gasteiger partial charge in [-0.25, -0.2) is 4.98 Å². The van der Waals surface area contributed by atoms with Gasteiger partial charge in [0.15, 0.2) is 5.96 Å². The van der Waals surface area contributed by atoms with E-state index in [0.717, 1.165) is 29.6 Å². The molecule has 0 amide bonds. The maximum absolute atomic E-state index is 4.48. The van der Waals surface area contributed by atoms with Crippen LogP contribution in [-0.2, 0) is 13.1 Å².